The highest BCUT2D eigenvalue weighted by atomic mass is 16.1. The van der Waals surface area contributed by atoms with Crippen molar-refractivity contribution in [2.45, 2.75) is 27.2 Å². The molecule has 17 heavy (non-hydrogen) atoms. The van der Waals surface area contributed by atoms with Gasteiger partial charge < -0.3 is 15.6 Å². The van der Waals surface area contributed by atoms with Gasteiger partial charge in [-0.15, -0.1) is 0 Å². The van der Waals surface area contributed by atoms with E-state index in [1.54, 1.807) is 6.07 Å². The van der Waals surface area contributed by atoms with Crippen LogP contribution >= 0.6 is 0 Å². The summed E-state index contributed by atoms with van der Waals surface area (Å²) < 4.78 is 0. The monoisotopic (exact) mass is 238 g/mol. The number of H-pyrrole nitrogens is 1. The van der Waals surface area contributed by atoms with Crippen molar-refractivity contribution < 1.29 is 0 Å². The van der Waals surface area contributed by atoms with Crippen LogP contribution in [-0.2, 0) is 6.42 Å². The molecule has 1 aromatic heterocycles. The first-order valence-electron chi connectivity index (χ1n) is 6.15. The van der Waals surface area contributed by atoms with Crippen LogP contribution in [0.15, 0.2) is 10.9 Å². The van der Waals surface area contributed by atoms with Gasteiger partial charge in [0.25, 0.3) is 5.56 Å². The summed E-state index contributed by atoms with van der Waals surface area (Å²) in [6, 6.07) is 1.55. The average molecular weight is 238 g/mol. The number of nitrogens with two attached hydrogens (primary N) is 1. The minimum absolute atomic E-state index is 0.0919. The predicted molar refractivity (Wildman–Crippen MR) is 70.3 cm³/mol. The van der Waals surface area contributed by atoms with Crippen molar-refractivity contribution in [2.75, 3.05) is 24.5 Å². The van der Waals surface area contributed by atoms with Crippen molar-refractivity contribution >= 4 is 5.82 Å². The molecule has 0 fully saturated rings. The highest BCUT2D eigenvalue weighted by Gasteiger charge is 2.11. The van der Waals surface area contributed by atoms with Gasteiger partial charge >= 0.3 is 0 Å². The Morgan fingerprint density at radius 3 is 2.76 bits per heavy atom. The van der Waals surface area contributed by atoms with Crippen LogP contribution in [0.1, 0.15) is 26.6 Å². The second kappa shape index (κ2) is 6.39. The van der Waals surface area contributed by atoms with Gasteiger partial charge in [0.2, 0.25) is 0 Å². The summed E-state index contributed by atoms with van der Waals surface area (Å²) in [5.74, 6) is 1.86. The lowest BCUT2D eigenvalue weighted by molar-refractivity contribution is 0.572. The second-order valence-corrected chi connectivity index (χ2v) is 4.28. The van der Waals surface area contributed by atoms with E-state index in [9.17, 15) is 4.79 Å². The lowest BCUT2D eigenvalue weighted by Crippen LogP contribution is -2.33. The van der Waals surface area contributed by atoms with E-state index >= 15 is 0 Å². The molecule has 1 unspecified atom stereocenters. The molecule has 5 nitrogen and oxygen atoms in total. The summed E-state index contributed by atoms with van der Waals surface area (Å²) in [7, 11) is 0. The summed E-state index contributed by atoms with van der Waals surface area (Å²) >= 11 is 0. The van der Waals surface area contributed by atoms with Gasteiger partial charge in [-0.1, -0.05) is 13.8 Å². The number of rotatable bonds is 6. The van der Waals surface area contributed by atoms with Gasteiger partial charge in [-0.05, 0) is 19.4 Å². The van der Waals surface area contributed by atoms with Crippen molar-refractivity contribution in [1.29, 1.82) is 0 Å². The molecule has 1 heterocycles. The van der Waals surface area contributed by atoms with E-state index in [-0.39, 0.29) is 5.56 Å². The van der Waals surface area contributed by atoms with Crippen molar-refractivity contribution in [3.63, 3.8) is 0 Å². The molecule has 0 bridgehead atoms. The third-order valence-electron chi connectivity index (χ3n) is 2.75. The van der Waals surface area contributed by atoms with Gasteiger partial charge in [0, 0.05) is 25.6 Å². The third-order valence-corrected chi connectivity index (χ3v) is 2.75. The Morgan fingerprint density at radius 2 is 2.24 bits per heavy atom. The maximum atomic E-state index is 11.5. The van der Waals surface area contributed by atoms with E-state index in [0.29, 0.717) is 12.5 Å². The van der Waals surface area contributed by atoms with Crippen molar-refractivity contribution in [3.05, 3.63) is 22.2 Å². The molecule has 5 heteroatoms. The Balaban J connectivity index is 2.94. The lowest BCUT2D eigenvalue weighted by atomic mass is 10.1. The van der Waals surface area contributed by atoms with E-state index in [2.05, 4.69) is 28.7 Å². The van der Waals surface area contributed by atoms with Crippen LogP contribution < -0.4 is 16.2 Å². The van der Waals surface area contributed by atoms with Crippen LogP contribution in [0.4, 0.5) is 5.82 Å². The van der Waals surface area contributed by atoms with E-state index in [4.69, 9.17) is 5.73 Å². The molecule has 0 saturated carbocycles. The molecular weight excluding hydrogens is 216 g/mol. The fourth-order valence-electron chi connectivity index (χ4n) is 1.66. The molecule has 96 valence electrons. The van der Waals surface area contributed by atoms with Crippen molar-refractivity contribution in [1.82, 2.24) is 9.97 Å². The third kappa shape index (κ3) is 3.85. The first-order valence-corrected chi connectivity index (χ1v) is 6.15. The highest BCUT2D eigenvalue weighted by molar-refractivity contribution is 5.37. The molecule has 0 radical (unpaired) electrons. The van der Waals surface area contributed by atoms with Crippen molar-refractivity contribution in [2.24, 2.45) is 11.7 Å². The SMILES string of the molecule is CCc1nc(N(CC)CC(C)CN)cc(=O)[nH]1. The Bertz CT molecular complexity index is 402. The molecule has 1 aromatic rings. The van der Waals surface area contributed by atoms with Crippen LogP contribution in [0, 0.1) is 5.92 Å². The largest absolute Gasteiger partial charge is 0.356 e. The second-order valence-electron chi connectivity index (χ2n) is 4.28. The normalized spacial score (nSPS) is 12.5. The van der Waals surface area contributed by atoms with Gasteiger partial charge in [0.05, 0.1) is 0 Å². The lowest BCUT2D eigenvalue weighted by Gasteiger charge is -2.25. The molecule has 0 aliphatic rings. The minimum Gasteiger partial charge on any atom is -0.356 e. The minimum atomic E-state index is -0.0919. The van der Waals surface area contributed by atoms with Gasteiger partial charge in [-0.25, -0.2) is 4.98 Å². The Morgan fingerprint density at radius 1 is 1.53 bits per heavy atom. The number of hydrogen-bond acceptors (Lipinski definition) is 4. The van der Waals surface area contributed by atoms with Crippen LogP contribution in [-0.4, -0.2) is 29.6 Å². The van der Waals surface area contributed by atoms with Crippen LogP contribution in [0.2, 0.25) is 0 Å². The molecule has 0 aromatic carbocycles. The standard InChI is InChI=1S/C12H22N4O/c1-4-10-14-11(6-12(17)15-10)16(5-2)8-9(3)7-13/h6,9H,4-5,7-8,13H2,1-3H3,(H,14,15,17). The number of nitrogens with one attached hydrogen (secondary N) is 1. The molecular formula is C12H22N4O. The Kier molecular flexibility index (Phi) is 5.15. The van der Waals surface area contributed by atoms with Crippen LogP contribution in [0.3, 0.4) is 0 Å². The summed E-state index contributed by atoms with van der Waals surface area (Å²) in [4.78, 5) is 20.8. The zero-order valence-corrected chi connectivity index (χ0v) is 10.9. The molecule has 1 rings (SSSR count). The molecule has 3 N–H and O–H groups in total. The molecule has 0 aliphatic heterocycles. The number of aromatic amines is 1. The zero-order valence-electron chi connectivity index (χ0n) is 10.9. The summed E-state index contributed by atoms with van der Waals surface area (Å²) in [6.07, 6.45) is 0.729. The highest BCUT2D eigenvalue weighted by Crippen LogP contribution is 2.10. The summed E-state index contributed by atoms with van der Waals surface area (Å²) in [5, 5.41) is 0. The van der Waals surface area contributed by atoms with E-state index in [1.807, 2.05) is 6.92 Å². The number of hydrogen-bond donors (Lipinski definition) is 2. The number of nitrogens with zero attached hydrogens (tertiary/aromatic N) is 2. The molecule has 0 amide bonds. The summed E-state index contributed by atoms with van der Waals surface area (Å²) in [5.41, 5.74) is 5.53. The van der Waals surface area contributed by atoms with Gasteiger partial charge in [-0.2, -0.15) is 0 Å². The number of aromatic nitrogens is 2. The van der Waals surface area contributed by atoms with E-state index in [0.717, 1.165) is 31.2 Å². The number of anilines is 1. The Hall–Kier alpha value is -1.36. The van der Waals surface area contributed by atoms with E-state index in [1.165, 1.54) is 0 Å². The smallest absolute Gasteiger partial charge is 0.252 e. The van der Waals surface area contributed by atoms with Crippen LogP contribution in [0.25, 0.3) is 0 Å². The molecule has 1 atom stereocenters. The molecule has 0 spiro atoms. The maximum absolute atomic E-state index is 11.5. The Labute approximate surface area is 102 Å². The van der Waals surface area contributed by atoms with Gasteiger partial charge in [0.15, 0.2) is 0 Å². The van der Waals surface area contributed by atoms with Crippen LogP contribution in [0.5, 0.6) is 0 Å². The number of aryl methyl sites for hydroxylation is 1. The van der Waals surface area contributed by atoms with Gasteiger partial charge in [0.1, 0.15) is 11.6 Å². The quantitative estimate of drug-likeness (QED) is 0.767. The summed E-state index contributed by atoms with van der Waals surface area (Å²) in [6.45, 7) is 8.41. The predicted octanol–water partition coefficient (Wildman–Crippen LogP) is 0.753. The first kappa shape index (κ1) is 13.7. The maximum Gasteiger partial charge on any atom is 0.252 e. The fourth-order valence-corrected chi connectivity index (χ4v) is 1.66. The van der Waals surface area contributed by atoms with Crippen molar-refractivity contribution in [3.8, 4) is 0 Å². The zero-order chi connectivity index (χ0) is 12.8. The first-order chi connectivity index (χ1) is 8.10. The average Bonchev–Trinajstić information content (AvgIpc) is 2.34. The van der Waals surface area contributed by atoms with Gasteiger partial charge in [-0.3, -0.25) is 4.79 Å². The fraction of sp³-hybridized carbons (Fsp3) is 0.667. The topological polar surface area (TPSA) is 75.0 Å². The molecule has 0 aliphatic carbocycles. The molecule has 0 saturated heterocycles. The van der Waals surface area contributed by atoms with E-state index < -0.39 is 0 Å².